The van der Waals surface area contributed by atoms with E-state index >= 15 is 0 Å². The first-order valence-corrected chi connectivity index (χ1v) is 5.78. The number of methoxy groups -OCH3 is 1. The highest BCUT2D eigenvalue weighted by atomic mass is 16.5. The minimum absolute atomic E-state index is 0.806. The first-order chi connectivity index (χ1) is 8.78. The van der Waals surface area contributed by atoms with Crippen molar-refractivity contribution in [2.75, 3.05) is 12.4 Å². The van der Waals surface area contributed by atoms with E-state index in [2.05, 4.69) is 29.4 Å². The number of rotatable bonds is 4. The summed E-state index contributed by atoms with van der Waals surface area (Å²) in [5.74, 6) is 0.806. The number of anilines is 1. The molecule has 2 rings (SSSR count). The van der Waals surface area contributed by atoms with Gasteiger partial charge in [0, 0.05) is 11.8 Å². The van der Waals surface area contributed by atoms with Crippen LogP contribution in [0.5, 0.6) is 5.75 Å². The molecule has 0 aliphatic rings. The first kappa shape index (κ1) is 12.2. The van der Waals surface area contributed by atoms with E-state index < -0.39 is 0 Å². The fourth-order valence-electron chi connectivity index (χ4n) is 1.61. The summed E-state index contributed by atoms with van der Waals surface area (Å²) in [6.07, 6.45) is 1.68. The van der Waals surface area contributed by atoms with Crippen LogP contribution < -0.4 is 10.1 Å². The maximum atomic E-state index is 5.14. The van der Waals surface area contributed by atoms with Crippen LogP contribution in [0, 0.1) is 6.92 Å². The third kappa shape index (κ3) is 3.35. The summed E-state index contributed by atoms with van der Waals surface area (Å²) in [4.78, 5) is 4.32. The molecule has 2 aromatic carbocycles. The number of hydrogen-bond donors (Lipinski definition) is 1. The number of nitrogens with zero attached hydrogens (tertiary/aromatic N) is 1. The Morgan fingerprint density at radius 3 is 2.72 bits per heavy atom. The molecular weight excluding hydrogens is 224 g/mol. The van der Waals surface area contributed by atoms with Gasteiger partial charge >= 0.3 is 0 Å². The van der Waals surface area contributed by atoms with Gasteiger partial charge in [0.15, 0.2) is 0 Å². The zero-order valence-corrected chi connectivity index (χ0v) is 10.6. The van der Waals surface area contributed by atoms with Gasteiger partial charge in [-0.1, -0.05) is 18.2 Å². The SMILES string of the molecule is COc1cccc(N=CNc2cccc(C)c2)c1. The van der Waals surface area contributed by atoms with Crippen molar-refractivity contribution in [3.05, 3.63) is 54.1 Å². The molecule has 0 aromatic heterocycles. The topological polar surface area (TPSA) is 33.6 Å². The van der Waals surface area contributed by atoms with Gasteiger partial charge < -0.3 is 10.1 Å². The second-order valence-corrected chi connectivity index (χ2v) is 3.97. The van der Waals surface area contributed by atoms with Gasteiger partial charge in [-0.3, -0.25) is 0 Å². The molecule has 92 valence electrons. The highest BCUT2D eigenvalue weighted by Crippen LogP contribution is 2.19. The lowest BCUT2D eigenvalue weighted by molar-refractivity contribution is 0.415. The number of nitrogens with one attached hydrogen (secondary N) is 1. The lowest BCUT2D eigenvalue weighted by Gasteiger charge is -2.02. The minimum Gasteiger partial charge on any atom is -0.497 e. The number of hydrogen-bond acceptors (Lipinski definition) is 2. The summed E-state index contributed by atoms with van der Waals surface area (Å²) in [5, 5.41) is 3.14. The van der Waals surface area contributed by atoms with E-state index in [0.717, 1.165) is 17.1 Å². The van der Waals surface area contributed by atoms with Crippen LogP contribution in [0.25, 0.3) is 0 Å². The van der Waals surface area contributed by atoms with Gasteiger partial charge in [-0.15, -0.1) is 0 Å². The van der Waals surface area contributed by atoms with Crippen molar-refractivity contribution in [1.82, 2.24) is 0 Å². The van der Waals surface area contributed by atoms with E-state index in [1.54, 1.807) is 13.4 Å². The van der Waals surface area contributed by atoms with Crippen molar-refractivity contribution in [2.45, 2.75) is 6.92 Å². The Morgan fingerprint density at radius 1 is 1.11 bits per heavy atom. The number of aryl methyl sites for hydroxylation is 1. The second kappa shape index (κ2) is 5.87. The van der Waals surface area contributed by atoms with Gasteiger partial charge in [0.05, 0.1) is 19.1 Å². The molecule has 3 nitrogen and oxygen atoms in total. The van der Waals surface area contributed by atoms with Crippen LogP contribution in [0.15, 0.2) is 53.5 Å². The standard InChI is InChI=1S/C15H16N2O/c1-12-5-3-6-13(9-12)16-11-17-14-7-4-8-15(10-14)18-2/h3-11H,1-2H3,(H,16,17). The zero-order chi connectivity index (χ0) is 12.8. The van der Waals surface area contributed by atoms with Crippen LogP contribution >= 0.6 is 0 Å². The molecule has 2 aromatic rings. The van der Waals surface area contributed by atoms with Gasteiger partial charge in [-0.2, -0.15) is 0 Å². The Labute approximate surface area is 107 Å². The van der Waals surface area contributed by atoms with Crippen LogP contribution in [-0.2, 0) is 0 Å². The number of aliphatic imine (C=N–C) groups is 1. The maximum Gasteiger partial charge on any atom is 0.121 e. The molecule has 0 saturated carbocycles. The third-order valence-electron chi connectivity index (χ3n) is 2.52. The van der Waals surface area contributed by atoms with Gasteiger partial charge in [0.25, 0.3) is 0 Å². The Morgan fingerprint density at radius 2 is 1.94 bits per heavy atom. The molecule has 0 bridgehead atoms. The number of ether oxygens (including phenoxy) is 1. The molecule has 0 atom stereocenters. The summed E-state index contributed by atoms with van der Waals surface area (Å²) in [6, 6.07) is 15.8. The van der Waals surface area contributed by atoms with Crippen molar-refractivity contribution < 1.29 is 4.74 Å². The van der Waals surface area contributed by atoms with Gasteiger partial charge in [0.1, 0.15) is 5.75 Å². The molecule has 1 N–H and O–H groups in total. The molecule has 0 aliphatic carbocycles. The Hall–Kier alpha value is -2.29. The zero-order valence-electron chi connectivity index (χ0n) is 10.6. The average molecular weight is 240 g/mol. The second-order valence-electron chi connectivity index (χ2n) is 3.97. The van der Waals surface area contributed by atoms with Crippen molar-refractivity contribution in [3.63, 3.8) is 0 Å². The van der Waals surface area contributed by atoms with Crippen molar-refractivity contribution in [2.24, 2.45) is 4.99 Å². The fourth-order valence-corrected chi connectivity index (χ4v) is 1.61. The third-order valence-corrected chi connectivity index (χ3v) is 2.52. The van der Waals surface area contributed by atoms with E-state index in [1.165, 1.54) is 5.56 Å². The summed E-state index contributed by atoms with van der Waals surface area (Å²) < 4.78 is 5.14. The monoisotopic (exact) mass is 240 g/mol. The summed E-state index contributed by atoms with van der Waals surface area (Å²) >= 11 is 0. The van der Waals surface area contributed by atoms with Crippen LogP contribution in [0.3, 0.4) is 0 Å². The fraction of sp³-hybridized carbons (Fsp3) is 0.133. The van der Waals surface area contributed by atoms with E-state index in [4.69, 9.17) is 4.74 Å². The Bertz CT molecular complexity index is 550. The summed E-state index contributed by atoms with van der Waals surface area (Å²) in [6.45, 7) is 2.06. The van der Waals surface area contributed by atoms with E-state index in [-0.39, 0.29) is 0 Å². The molecule has 0 amide bonds. The summed E-state index contributed by atoms with van der Waals surface area (Å²) in [7, 11) is 1.65. The predicted octanol–water partition coefficient (Wildman–Crippen LogP) is 3.78. The molecule has 3 heteroatoms. The molecule has 0 saturated heterocycles. The normalized spacial score (nSPS) is 10.6. The smallest absolute Gasteiger partial charge is 0.121 e. The first-order valence-electron chi connectivity index (χ1n) is 5.78. The van der Waals surface area contributed by atoms with E-state index in [9.17, 15) is 0 Å². The molecule has 0 aliphatic heterocycles. The average Bonchev–Trinajstić information content (AvgIpc) is 2.39. The van der Waals surface area contributed by atoms with Gasteiger partial charge in [-0.25, -0.2) is 4.99 Å². The lowest BCUT2D eigenvalue weighted by atomic mass is 10.2. The van der Waals surface area contributed by atoms with Crippen LogP contribution in [0.2, 0.25) is 0 Å². The number of benzene rings is 2. The summed E-state index contributed by atoms with van der Waals surface area (Å²) in [5.41, 5.74) is 3.10. The van der Waals surface area contributed by atoms with Crippen LogP contribution in [0.4, 0.5) is 11.4 Å². The van der Waals surface area contributed by atoms with Gasteiger partial charge in [0.2, 0.25) is 0 Å². The molecule has 18 heavy (non-hydrogen) atoms. The predicted molar refractivity (Wildman–Crippen MR) is 75.9 cm³/mol. The molecule has 0 fully saturated rings. The highest BCUT2D eigenvalue weighted by Gasteiger charge is 1.92. The quantitative estimate of drug-likeness (QED) is 0.652. The van der Waals surface area contributed by atoms with E-state index in [0.29, 0.717) is 0 Å². The molecular formula is C15H16N2O. The minimum atomic E-state index is 0.806. The van der Waals surface area contributed by atoms with Crippen molar-refractivity contribution in [3.8, 4) is 5.75 Å². The van der Waals surface area contributed by atoms with Crippen LogP contribution in [-0.4, -0.2) is 13.4 Å². The molecule has 0 unspecified atom stereocenters. The van der Waals surface area contributed by atoms with E-state index in [1.807, 2.05) is 36.4 Å². The van der Waals surface area contributed by atoms with Gasteiger partial charge in [-0.05, 0) is 36.8 Å². The van der Waals surface area contributed by atoms with Crippen molar-refractivity contribution >= 4 is 17.7 Å². The van der Waals surface area contributed by atoms with Crippen molar-refractivity contribution in [1.29, 1.82) is 0 Å². The lowest BCUT2D eigenvalue weighted by Crippen LogP contribution is -1.94. The maximum absolute atomic E-state index is 5.14. The van der Waals surface area contributed by atoms with Crippen LogP contribution in [0.1, 0.15) is 5.56 Å². The molecule has 0 radical (unpaired) electrons. The Kier molecular flexibility index (Phi) is 3.97. The Balaban J connectivity index is 2.02. The molecule has 0 heterocycles. The molecule has 0 spiro atoms. The highest BCUT2D eigenvalue weighted by molar-refractivity contribution is 5.78. The largest absolute Gasteiger partial charge is 0.497 e.